The summed E-state index contributed by atoms with van der Waals surface area (Å²) in [6.45, 7) is 7.87. The number of carbonyl (C=O) groups is 1. The number of aryl methyl sites for hydroxylation is 1. The van der Waals surface area contributed by atoms with Crippen molar-refractivity contribution in [2.45, 2.75) is 39.5 Å². The lowest BCUT2D eigenvalue weighted by atomic mass is 10.0. The van der Waals surface area contributed by atoms with Gasteiger partial charge in [-0.1, -0.05) is 37.0 Å². The molecule has 3 rings (SSSR count). The summed E-state index contributed by atoms with van der Waals surface area (Å²) in [6, 6.07) is 5.68. The summed E-state index contributed by atoms with van der Waals surface area (Å²) in [7, 11) is 0. The lowest BCUT2D eigenvalue weighted by Gasteiger charge is -2.04. The SMILES string of the molecule is CC(=O)Nc1nc(C2C(c3cc(Cl)cc(Cl)c3)C2(C)C)c(C)[nH]1. The van der Waals surface area contributed by atoms with Crippen molar-refractivity contribution >= 4 is 35.1 Å². The molecule has 1 fully saturated rings. The zero-order chi connectivity index (χ0) is 16.9. The Kier molecular flexibility index (Phi) is 3.93. The minimum atomic E-state index is -0.140. The average Bonchev–Trinajstić information content (AvgIpc) is 2.77. The van der Waals surface area contributed by atoms with Crippen LogP contribution < -0.4 is 5.32 Å². The van der Waals surface area contributed by atoms with Crippen LogP contribution in [-0.2, 0) is 4.79 Å². The highest BCUT2D eigenvalue weighted by Crippen LogP contribution is 2.70. The molecule has 1 aromatic heterocycles. The van der Waals surface area contributed by atoms with E-state index in [0.29, 0.717) is 21.9 Å². The third kappa shape index (κ3) is 2.98. The largest absolute Gasteiger partial charge is 0.328 e. The van der Waals surface area contributed by atoms with Crippen LogP contribution in [0.25, 0.3) is 0 Å². The van der Waals surface area contributed by atoms with E-state index >= 15 is 0 Å². The van der Waals surface area contributed by atoms with Crippen LogP contribution in [0.4, 0.5) is 5.95 Å². The Morgan fingerprint density at radius 1 is 1.22 bits per heavy atom. The van der Waals surface area contributed by atoms with Crippen LogP contribution in [0.5, 0.6) is 0 Å². The molecule has 4 nitrogen and oxygen atoms in total. The number of benzene rings is 1. The smallest absolute Gasteiger partial charge is 0.223 e. The van der Waals surface area contributed by atoms with Crippen molar-refractivity contribution < 1.29 is 4.79 Å². The number of H-pyrrole nitrogens is 1. The average molecular weight is 352 g/mol. The molecule has 23 heavy (non-hydrogen) atoms. The Morgan fingerprint density at radius 2 is 1.83 bits per heavy atom. The second kappa shape index (κ2) is 5.53. The predicted molar refractivity (Wildman–Crippen MR) is 93.4 cm³/mol. The number of nitrogens with zero attached hydrogens (tertiary/aromatic N) is 1. The number of imidazole rings is 1. The quantitative estimate of drug-likeness (QED) is 0.826. The van der Waals surface area contributed by atoms with Crippen LogP contribution >= 0.6 is 23.2 Å². The van der Waals surface area contributed by atoms with Gasteiger partial charge in [0.15, 0.2) is 0 Å². The molecule has 2 aromatic rings. The van der Waals surface area contributed by atoms with Crippen LogP contribution in [-0.4, -0.2) is 15.9 Å². The molecule has 122 valence electrons. The van der Waals surface area contributed by atoms with Crippen LogP contribution in [0.2, 0.25) is 10.0 Å². The molecular weight excluding hydrogens is 333 g/mol. The van der Waals surface area contributed by atoms with Gasteiger partial charge in [0.1, 0.15) is 0 Å². The van der Waals surface area contributed by atoms with Crippen molar-refractivity contribution in [3.8, 4) is 0 Å². The standard InChI is InChI=1S/C17H19Cl2N3O/c1-8-15(22-16(20-8)21-9(2)23)14-13(17(14,3)4)10-5-11(18)7-12(19)6-10/h5-7,13-14H,1-4H3,(H2,20,21,22,23). The number of hydrogen-bond acceptors (Lipinski definition) is 2. The topological polar surface area (TPSA) is 57.8 Å². The van der Waals surface area contributed by atoms with Crippen molar-refractivity contribution in [1.29, 1.82) is 0 Å². The van der Waals surface area contributed by atoms with E-state index in [1.165, 1.54) is 6.92 Å². The number of amides is 1. The van der Waals surface area contributed by atoms with Gasteiger partial charge in [0.2, 0.25) is 11.9 Å². The highest BCUT2D eigenvalue weighted by Gasteiger charge is 2.60. The lowest BCUT2D eigenvalue weighted by Crippen LogP contribution is -2.07. The normalized spacial score (nSPS) is 22.0. The summed E-state index contributed by atoms with van der Waals surface area (Å²) in [5.74, 6) is 0.913. The van der Waals surface area contributed by atoms with Crippen LogP contribution in [0, 0.1) is 12.3 Å². The minimum absolute atomic E-state index is 0.0570. The number of carbonyl (C=O) groups excluding carboxylic acids is 1. The zero-order valence-electron chi connectivity index (χ0n) is 13.5. The van der Waals surface area contributed by atoms with Gasteiger partial charge in [0, 0.05) is 28.6 Å². The Balaban J connectivity index is 1.95. The van der Waals surface area contributed by atoms with Gasteiger partial charge in [0.05, 0.1) is 5.69 Å². The molecule has 2 atom stereocenters. The molecule has 0 spiro atoms. The molecule has 2 unspecified atom stereocenters. The molecular formula is C17H19Cl2N3O. The zero-order valence-corrected chi connectivity index (χ0v) is 15.0. The lowest BCUT2D eigenvalue weighted by molar-refractivity contribution is -0.114. The maximum Gasteiger partial charge on any atom is 0.223 e. The number of halogens is 2. The van der Waals surface area contributed by atoms with Gasteiger partial charge >= 0.3 is 0 Å². The first-order chi connectivity index (χ1) is 10.7. The molecule has 0 radical (unpaired) electrons. The Morgan fingerprint density at radius 3 is 2.39 bits per heavy atom. The predicted octanol–water partition coefficient (Wildman–Crippen LogP) is 4.89. The molecule has 1 saturated carbocycles. The first-order valence-electron chi connectivity index (χ1n) is 7.50. The van der Waals surface area contributed by atoms with Gasteiger partial charge in [-0.15, -0.1) is 0 Å². The number of anilines is 1. The highest BCUT2D eigenvalue weighted by atomic mass is 35.5. The van der Waals surface area contributed by atoms with Gasteiger partial charge in [-0.25, -0.2) is 4.98 Å². The van der Waals surface area contributed by atoms with E-state index < -0.39 is 0 Å². The summed E-state index contributed by atoms with van der Waals surface area (Å²) < 4.78 is 0. The van der Waals surface area contributed by atoms with Gasteiger partial charge in [-0.2, -0.15) is 0 Å². The molecule has 0 saturated heterocycles. The first kappa shape index (κ1) is 16.3. The number of aromatic amines is 1. The number of hydrogen-bond donors (Lipinski definition) is 2. The number of nitrogens with one attached hydrogen (secondary N) is 2. The Labute approximate surface area is 145 Å². The van der Waals surface area contributed by atoms with E-state index in [2.05, 4.69) is 29.1 Å². The van der Waals surface area contributed by atoms with Crippen molar-refractivity contribution in [3.05, 3.63) is 45.2 Å². The van der Waals surface area contributed by atoms with Crippen LogP contribution in [0.3, 0.4) is 0 Å². The second-order valence-corrected chi connectivity index (χ2v) is 7.63. The van der Waals surface area contributed by atoms with Gasteiger partial charge < -0.3 is 4.98 Å². The van der Waals surface area contributed by atoms with E-state index in [9.17, 15) is 4.79 Å². The third-order valence-corrected chi connectivity index (χ3v) is 5.02. The fraction of sp³-hybridized carbons (Fsp3) is 0.412. The monoisotopic (exact) mass is 351 g/mol. The minimum Gasteiger partial charge on any atom is -0.328 e. The third-order valence-electron chi connectivity index (χ3n) is 4.58. The fourth-order valence-corrected chi connectivity index (χ4v) is 4.07. The maximum absolute atomic E-state index is 11.2. The van der Waals surface area contributed by atoms with E-state index in [0.717, 1.165) is 17.0 Å². The number of rotatable bonds is 3. The van der Waals surface area contributed by atoms with E-state index in [4.69, 9.17) is 23.2 Å². The number of aromatic nitrogens is 2. The van der Waals surface area contributed by atoms with Crippen LogP contribution in [0.15, 0.2) is 18.2 Å². The molecule has 2 N–H and O–H groups in total. The molecule has 6 heteroatoms. The van der Waals surface area contributed by atoms with Crippen molar-refractivity contribution in [2.24, 2.45) is 5.41 Å². The molecule has 1 heterocycles. The molecule has 1 aliphatic carbocycles. The summed E-state index contributed by atoms with van der Waals surface area (Å²) in [6.07, 6.45) is 0. The van der Waals surface area contributed by atoms with Gasteiger partial charge in [-0.05, 0) is 42.0 Å². The summed E-state index contributed by atoms with van der Waals surface area (Å²) in [5.41, 5.74) is 3.14. The summed E-state index contributed by atoms with van der Waals surface area (Å²) in [5, 5.41) is 3.99. The summed E-state index contributed by atoms with van der Waals surface area (Å²) in [4.78, 5) is 18.9. The molecule has 0 bridgehead atoms. The Hall–Kier alpha value is -1.52. The Bertz CT molecular complexity index is 762. The van der Waals surface area contributed by atoms with Gasteiger partial charge in [0.25, 0.3) is 0 Å². The maximum atomic E-state index is 11.2. The molecule has 1 aliphatic rings. The first-order valence-corrected chi connectivity index (χ1v) is 8.26. The van der Waals surface area contributed by atoms with Crippen LogP contribution in [0.1, 0.15) is 49.6 Å². The highest BCUT2D eigenvalue weighted by molar-refractivity contribution is 6.34. The van der Waals surface area contributed by atoms with Gasteiger partial charge in [-0.3, -0.25) is 10.1 Å². The second-order valence-electron chi connectivity index (χ2n) is 6.76. The van der Waals surface area contributed by atoms with E-state index in [1.807, 2.05) is 19.1 Å². The van der Waals surface area contributed by atoms with Crippen molar-refractivity contribution in [3.63, 3.8) is 0 Å². The van der Waals surface area contributed by atoms with Crippen molar-refractivity contribution in [2.75, 3.05) is 5.32 Å². The molecule has 0 aliphatic heterocycles. The van der Waals surface area contributed by atoms with E-state index in [-0.39, 0.29) is 17.2 Å². The fourth-order valence-electron chi connectivity index (χ4n) is 3.53. The van der Waals surface area contributed by atoms with E-state index in [1.54, 1.807) is 6.07 Å². The molecule has 1 amide bonds. The molecule has 1 aromatic carbocycles. The summed E-state index contributed by atoms with van der Waals surface area (Å²) >= 11 is 12.3. The van der Waals surface area contributed by atoms with Crippen molar-refractivity contribution in [1.82, 2.24) is 9.97 Å².